The maximum Gasteiger partial charge on any atom is 0.172 e. The Morgan fingerprint density at radius 2 is 2.06 bits per heavy atom. The van der Waals surface area contributed by atoms with Crippen molar-refractivity contribution in [3.8, 4) is 0 Å². The highest BCUT2D eigenvalue weighted by molar-refractivity contribution is 6.42. The van der Waals surface area contributed by atoms with Gasteiger partial charge in [0, 0.05) is 25.6 Å². The second-order valence-electron chi connectivity index (χ2n) is 4.51. The summed E-state index contributed by atoms with van der Waals surface area (Å²) in [6, 6.07) is 0. The van der Waals surface area contributed by atoms with Crippen molar-refractivity contribution < 1.29 is 5.11 Å². The third kappa shape index (κ3) is 3.20. The Kier molecular flexibility index (Phi) is 4.35. The van der Waals surface area contributed by atoms with E-state index in [9.17, 15) is 5.11 Å². The average molecular weight is 264 g/mol. The molecule has 1 heterocycles. The van der Waals surface area contributed by atoms with Crippen molar-refractivity contribution >= 4 is 28.9 Å². The lowest BCUT2D eigenvalue weighted by atomic mass is 9.94. The van der Waals surface area contributed by atoms with Gasteiger partial charge in [-0.15, -0.1) is 5.10 Å². The first-order chi connectivity index (χ1) is 7.37. The molecule has 1 aromatic heterocycles. The van der Waals surface area contributed by atoms with Crippen LogP contribution in [0.5, 0.6) is 0 Å². The van der Waals surface area contributed by atoms with Gasteiger partial charge in [0.2, 0.25) is 0 Å². The summed E-state index contributed by atoms with van der Waals surface area (Å²) >= 11 is 11.8. The van der Waals surface area contributed by atoms with Gasteiger partial charge in [0.05, 0.1) is 11.9 Å². The third-order valence-corrected chi connectivity index (χ3v) is 2.97. The molecule has 0 unspecified atom stereocenters. The average Bonchev–Trinajstić information content (AvgIpc) is 2.21. The topological polar surface area (TPSA) is 49.2 Å². The molecule has 0 aliphatic heterocycles. The minimum atomic E-state index is -0.214. The van der Waals surface area contributed by atoms with E-state index < -0.39 is 0 Å². The molecule has 0 aromatic carbocycles. The first kappa shape index (κ1) is 13.5. The van der Waals surface area contributed by atoms with Crippen molar-refractivity contribution in [2.24, 2.45) is 5.41 Å². The summed E-state index contributed by atoms with van der Waals surface area (Å²) < 4.78 is 0. The Bertz CT molecular complexity index is 371. The summed E-state index contributed by atoms with van der Waals surface area (Å²) in [6.07, 6.45) is 1.56. The van der Waals surface area contributed by atoms with Crippen molar-refractivity contribution in [1.29, 1.82) is 0 Å². The van der Waals surface area contributed by atoms with Gasteiger partial charge in [0.1, 0.15) is 5.02 Å². The van der Waals surface area contributed by atoms with Gasteiger partial charge in [-0.3, -0.25) is 0 Å². The van der Waals surface area contributed by atoms with Gasteiger partial charge in [0.15, 0.2) is 5.15 Å². The van der Waals surface area contributed by atoms with E-state index in [1.54, 1.807) is 6.20 Å². The Labute approximate surface area is 105 Å². The van der Waals surface area contributed by atoms with Gasteiger partial charge in [0.25, 0.3) is 0 Å². The van der Waals surface area contributed by atoms with E-state index in [1.165, 1.54) is 0 Å². The zero-order chi connectivity index (χ0) is 12.3. The number of halogens is 2. The normalized spacial score (nSPS) is 11.6. The first-order valence-corrected chi connectivity index (χ1v) is 5.61. The number of hydrogen-bond acceptors (Lipinski definition) is 4. The van der Waals surface area contributed by atoms with Crippen LogP contribution < -0.4 is 4.90 Å². The highest BCUT2D eigenvalue weighted by Gasteiger charge is 2.21. The maximum atomic E-state index is 9.20. The monoisotopic (exact) mass is 263 g/mol. The molecule has 0 aliphatic carbocycles. The minimum Gasteiger partial charge on any atom is -0.396 e. The summed E-state index contributed by atoms with van der Waals surface area (Å²) in [6.45, 7) is 4.67. The lowest BCUT2D eigenvalue weighted by molar-refractivity contribution is 0.165. The standard InChI is InChI=1S/C10H15Cl2N3O/c1-10(2,6-16)5-15(3)7-4-13-14-9(12)8(7)11/h4,16H,5-6H2,1-3H3. The molecule has 0 bridgehead atoms. The van der Waals surface area contributed by atoms with Crippen molar-refractivity contribution in [1.82, 2.24) is 10.2 Å². The number of hydrogen-bond donors (Lipinski definition) is 1. The van der Waals surface area contributed by atoms with Crippen LogP contribution in [0.3, 0.4) is 0 Å². The van der Waals surface area contributed by atoms with E-state index >= 15 is 0 Å². The molecule has 0 radical (unpaired) electrons. The van der Waals surface area contributed by atoms with Crippen molar-refractivity contribution in [3.63, 3.8) is 0 Å². The number of aromatic nitrogens is 2. The van der Waals surface area contributed by atoms with Crippen LogP contribution in [0.4, 0.5) is 5.69 Å². The Balaban J connectivity index is 2.89. The van der Waals surface area contributed by atoms with E-state index in [0.717, 1.165) is 0 Å². The molecule has 16 heavy (non-hydrogen) atoms. The molecule has 0 fully saturated rings. The van der Waals surface area contributed by atoms with E-state index in [2.05, 4.69) is 10.2 Å². The molecule has 1 N–H and O–H groups in total. The van der Waals surface area contributed by atoms with Gasteiger partial charge in [-0.2, -0.15) is 5.10 Å². The first-order valence-electron chi connectivity index (χ1n) is 4.86. The number of aliphatic hydroxyl groups excluding tert-OH is 1. The molecule has 1 rings (SSSR count). The molecule has 0 aliphatic rings. The van der Waals surface area contributed by atoms with E-state index in [4.69, 9.17) is 23.2 Å². The smallest absolute Gasteiger partial charge is 0.172 e. The zero-order valence-corrected chi connectivity index (χ0v) is 11.0. The molecule has 0 saturated carbocycles. The number of rotatable bonds is 4. The van der Waals surface area contributed by atoms with Gasteiger partial charge in [-0.1, -0.05) is 37.0 Å². The fourth-order valence-corrected chi connectivity index (χ4v) is 1.76. The van der Waals surface area contributed by atoms with E-state index in [0.29, 0.717) is 17.3 Å². The molecule has 0 saturated heterocycles. The molecule has 4 nitrogen and oxygen atoms in total. The number of anilines is 1. The molecule has 6 heteroatoms. The Morgan fingerprint density at radius 1 is 1.44 bits per heavy atom. The lowest BCUT2D eigenvalue weighted by Gasteiger charge is -2.30. The van der Waals surface area contributed by atoms with Crippen molar-refractivity contribution in [2.75, 3.05) is 25.1 Å². The Hall–Kier alpha value is -0.580. The van der Waals surface area contributed by atoms with Gasteiger partial charge in [-0.05, 0) is 0 Å². The summed E-state index contributed by atoms with van der Waals surface area (Å²) in [5.74, 6) is 0. The zero-order valence-electron chi connectivity index (χ0n) is 9.54. The summed E-state index contributed by atoms with van der Waals surface area (Å²) in [4.78, 5) is 1.90. The van der Waals surface area contributed by atoms with Crippen LogP contribution in [-0.4, -0.2) is 35.5 Å². The third-order valence-electron chi connectivity index (χ3n) is 2.24. The SMILES string of the molecule is CN(CC(C)(C)CO)c1cnnc(Cl)c1Cl. The summed E-state index contributed by atoms with van der Waals surface area (Å²) in [5.41, 5.74) is 0.497. The summed E-state index contributed by atoms with van der Waals surface area (Å²) in [7, 11) is 1.87. The van der Waals surface area contributed by atoms with Crippen LogP contribution in [0.15, 0.2) is 6.20 Å². The van der Waals surface area contributed by atoms with Crippen LogP contribution in [0.2, 0.25) is 10.2 Å². The second-order valence-corrected chi connectivity index (χ2v) is 5.25. The molecule has 1 aromatic rings. The second kappa shape index (κ2) is 5.17. The van der Waals surface area contributed by atoms with Crippen LogP contribution in [0, 0.1) is 5.41 Å². The lowest BCUT2D eigenvalue weighted by Crippen LogP contribution is -2.34. The van der Waals surface area contributed by atoms with Crippen molar-refractivity contribution in [3.05, 3.63) is 16.4 Å². The highest BCUT2D eigenvalue weighted by atomic mass is 35.5. The number of nitrogens with zero attached hydrogens (tertiary/aromatic N) is 3. The summed E-state index contributed by atoms with van der Waals surface area (Å²) in [5, 5.41) is 17.2. The largest absolute Gasteiger partial charge is 0.396 e. The van der Waals surface area contributed by atoms with E-state index in [-0.39, 0.29) is 17.2 Å². The van der Waals surface area contributed by atoms with Crippen molar-refractivity contribution in [2.45, 2.75) is 13.8 Å². The predicted molar refractivity (Wildman–Crippen MR) is 66.2 cm³/mol. The molecule has 0 spiro atoms. The van der Waals surface area contributed by atoms with Crippen LogP contribution in [0.25, 0.3) is 0 Å². The minimum absolute atomic E-state index is 0.0984. The highest BCUT2D eigenvalue weighted by Crippen LogP contribution is 2.30. The van der Waals surface area contributed by atoms with E-state index in [1.807, 2.05) is 25.8 Å². The fraction of sp³-hybridized carbons (Fsp3) is 0.600. The maximum absolute atomic E-state index is 9.20. The quantitative estimate of drug-likeness (QED) is 0.906. The van der Waals surface area contributed by atoms with Crippen LogP contribution >= 0.6 is 23.2 Å². The molecular weight excluding hydrogens is 249 g/mol. The molecule has 0 amide bonds. The van der Waals surface area contributed by atoms with Crippen LogP contribution in [-0.2, 0) is 0 Å². The van der Waals surface area contributed by atoms with Gasteiger partial charge < -0.3 is 10.0 Å². The predicted octanol–water partition coefficient (Wildman–Crippen LogP) is 2.24. The molecule has 90 valence electrons. The van der Waals surface area contributed by atoms with Gasteiger partial charge in [-0.25, -0.2) is 0 Å². The fourth-order valence-electron chi connectivity index (χ4n) is 1.38. The molecule has 0 atom stereocenters. The number of aliphatic hydroxyl groups is 1. The Morgan fingerprint density at radius 3 is 2.62 bits per heavy atom. The molecular formula is C10H15Cl2N3O. The van der Waals surface area contributed by atoms with Crippen LogP contribution in [0.1, 0.15) is 13.8 Å². The van der Waals surface area contributed by atoms with Gasteiger partial charge >= 0.3 is 0 Å².